The third-order valence-corrected chi connectivity index (χ3v) is 5.37. The highest BCUT2D eigenvalue weighted by atomic mass is 79.9. The molecule has 1 aromatic carbocycles. The second-order valence-electron chi connectivity index (χ2n) is 3.54. The van der Waals surface area contributed by atoms with Gasteiger partial charge in [-0.25, -0.2) is 0 Å². The van der Waals surface area contributed by atoms with E-state index in [2.05, 4.69) is 31.9 Å². The summed E-state index contributed by atoms with van der Waals surface area (Å²) in [5.74, 6) is -0.0190. The third-order valence-electron chi connectivity index (χ3n) is 2.24. The highest BCUT2D eigenvalue weighted by Crippen LogP contribution is 2.34. The van der Waals surface area contributed by atoms with Gasteiger partial charge in [0.15, 0.2) is 0 Å². The van der Waals surface area contributed by atoms with Gasteiger partial charge >= 0.3 is 0 Å². The lowest BCUT2D eigenvalue weighted by Crippen LogP contribution is -1.99. The zero-order chi connectivity index (χ0) is 12.6. The minimum Gasteiger partial charge on any atom is -0.288 e. The fourth-order valence-electron chi connectivity index (χ4n) is 1.40. The van der Waals surface area contributed by atoms with Crippen LogP contribution in [0.4, 0.5) is 0 Å². The Hall–Kier alpha value is -0.160. The van der Waals surface area contributed by atoms with Gasteiger partial charge in [0.2, 0.25) is 5.78 Å². The number of rotatable bonds is 2. The molecule has 0 aliphatic heterocycles. The molecular formula is C12H7Br2ClOS. The average molecular weight is 395 g/mol. The molecule has 1 nitrogen and oxygen atoms in total. The number of thiophene rings is 1. The van der Waals surface area contributed by atoms with Crippen LogP contribution in [-0.2, 0) is 0 Å². The van der Waals surface area contributed by atoms with Gasteiger partial charge in [0.25, 0.3) is 0 Å². The van der Waals surface area contributed by atoms with Crippen LogP contribution in [0.5, 0.6) is 0 Å². The van der Waals surface area contributed by atoms with Crippen LogP contribution >= 0.6 is 54.8 Å². The Morgan fingerprint density at radius 3 is 2.47 bits per heavy atom. The van der Waals surface area contributed by atoms with Crippen LogP contribution in [0.15, 0.2) is 33.2 Å². The van der Waals surface area contributed by atoms with E-state index in [1.54, 1.807) is 6.07 Å². The van der Waals surface area contributed by atoms with Crippen LogP contribution in [0.2, 0.25) is 4.34 Å². The molecule has 0 atom stereocenters. The summed E-state index contributed by atoms with van der Waals surface area (Å²) in [4.78, 5) is 12.9. The van der Waals surface area contributed by atoms with Gasteiger partial charge in [0.05, 0.1) is 4.88 Å². The number of aryl methyl sites for hydroxylation is 1. The van der Waals surface area contributed by atoms with Gasteiger partial charge in [-0.15, -0.1) is 11.3 Å². The number of benzene rings is 1. The lowest BCUT2D eigenvalue weighted by molar-refractivity contribution is 0.104. The van der Waals surface area contributed by atoms with Crippen LogP contribution < -0.4 is 0 Å². The first-order chi connectivity index (χ1) is 7.99. The van der Waals surface area contributed by atoms with Crippen LogP contribution in [0.25, 0.3) is 0 Å². The largest absolute Gasteiger partial charge is 0.288 e. The van der Waals surface area contributed by atoms with Crippen molar-refractivity contribution in [2.75, 3.05) is 0 Å². The molecule has 2 rings (SSSR count). The highest BCUT2D eigenvalue weighted by molar-refractivity contribution is 9.11. The Bertz CT molecular complexity index is 573. The molecule has 1 heterocycles. The summed E-state index contributed by atoms with van der Waals surface area (Å²) < 4.78 is 2.16. The monoisotopic (exact) mass is 392 g/mol. The molecule has 0 fully saturated rings. The van der Waals surface area contributed by atoms with E-state index in [0.29, 0.717) is 14.8 Å². The molecule has 88 valence electrons. The van der Waals surface area contributed by atoms with E-state index in [1.807, 2.05) is 25.1 Å². The fourth-order valence-corrected chi connectivity index (χ4v) is 3.72. The molecule has 0 radical (unpaired) electrons. The summed E-state index contributed by atoms with van der Waals surface area (Å²) in [6.07, 6.45) is 0. The minimum absolute atomic E-state index is 0.0190. The van der Waals surface area contributed by atoms with Gasteiger partial charge in [0.1, 0.15) is 4.34 Å². The van der Waals surface area contributed by atoms with E-state index in [1.165, 1.54) is 11.3 Å². The second kappa shape index (κ2) is 5.22. The van der Waals surface area contributed by atoms with Crippen molar-refractivity contribution in [2.24, 2.45) is 0 Å². The summed E-state index contributed by atoms with van der Waals surface area (Å²) in [6.45, 7) is 1.98. The topological polar surface area (TPSA) is 17.1 Å². The van der Waals surface area contributed by atoms with Gasteiger partial charge in [0, 0.05) is 14.5 Å². The Balaban J connectivity index is 2.43. The fraction of sp³-hybridized carbons (Fsp3) is 0.0833. The Kier molecular flexibility index (Phi) is 4.08. The number of hydrogen-bond donors (Lipinski definition) is 0. The molecule has 0 bridgehead atoms. The minimum atomic E-state index is -0.0190. The van der Waals surface area contributed by atoms with Crippen molar-refractivity contribution in [2.45, 2.75) is 6.92 Å². The maximum atomic E-state index is 12.2. The number of carbonyl (C=O) groups excluding carboxylic acids is 1. The van der Waals surface area contributed by atoms with Gasteiger partial charge in [-0.2, -0.15) is 0 Å². The number of halogens is 3. The second-order valence-corrected chi connectivity index (χ2v) is 6.91. The Morgan fingerprint density at radius 2 is 1.94 bits per heavy atom. The first kappa shape index (κ1) is 13.3. The van der Waals surface area contributed by atoms with Crippen molar-refractivity contribution in [3.63, 3.8) is 0 Å². The first-order valence-electron chi connectivity index (χ1n) is 4.74. The van der Waals surface area contributed by atoms with Crippen molar-refractivity contribution >= 4 is 60.6 Å². The molecule has 0 unspecified atom stereocenters. The van der Waals surface area contributed by atoms with Crippen molar-refractivity contribution in [3.8, 4) is 0 Å². The quantitative estimate of drug-likeness (QED) is 0.618. The zero-order valence-electron chi connectivity index (χ0n) is 8.76. The lowest BCUT2D eigenvalue weighted by Gasteiger charge is -2.02. The van der Waals surface area contributed by atoms with Gasteiger partial charge in [-0.1, -0.05) is 33.6 Å². The predicted molar refractivity (Wildman–Crippen MR) is 79.3 cm³/mol. The molecule has 0 aliphatic rings. The van der Waals surface area contributed by atoms with E-state index in [4.69, 9.17) is 11.6 Å². The van der Waals surface area contributed by atoms with Crippen LogP contribution in [-0.4, -0.2) is 5.78 Å². The summed E-state index contributed by atoms with van der Waals surface area (Å²) in [5.41, 5.74) is 1.76. The standard InChI is InChI=1S/C12H7Br2ClOS/c1-6-2-3-7(8(13)4-6)11(16)10-5-9(14)12(15)17-10/h2-5H,1H3. The van der Waals surface area contributed by atoms with E-state index < -0.39 is 0 Å². The molecule has 0 aliphatic carbocycles. The normalized spacial score (nSPS) is 10.6. The van der Waals surface area contributed by atoms with Crippen molar-refractivity contribution in [1.82, 2.24) is 0 Å². The van der Waals surface area contributed by atoms with E-state index >= 15 is 0 Å². The molecule has 0 saturated heterocycles. The molecule has 0 saturated carbocycles. The molecular weight excluding hydrogens is 387 g/mol. The van der Waals surface area contributed by atoms with E-state index in [9.17, 15) is 4.79 Å². The van der Waals surface area contributed by atoms with E-state index in [0.717, 1.165) is 14.5 Å². The van der Waals surface area contributed by atoms with Crippen LogP contribution in [0, 0.1) is 6.92 Å². The Morgan fingerprint density at radius 1 is 1.24 bits per heavy atom. The number of ketones is 1. The SMILES string of the molecule is Cc1ccc(C(=O)c2cc(Br)c(Cl)s2)c(Br)c1. The zero-order valence-corrected chi connectivity index (χ0v) is 13.5. The van der Waals surface area contributed by atoms with Crippen LogP contribution in [0.1, 0.15) is 20.8 Å². The lowest BCUT2D eigenvalue weighted by atomic mass is 10.1. The predicted octanol–water partition coefficient (Wildman–Crippen LogP) is 5.47. The van der Waals surface area contributed by atoms with Crippen molar-refractivity contribution in [3.05, 3.63) is 53.6 Å². The maximum Gasteiger partial charge on any atom is 0.204 e. The molecule has 0 spiro atoms. The van der Waals surface area contributed by atoms with Crippen LogP contribution in [0.3, 0.4) is 0 Å². The summed E-state index contributed by atoms with van der Waals surface area (Å²) in [7, 11) is 0. The number of carbonyl (C=O) groups is 1. The van der Waals surface area contributed by atoms with Gasteiger partial charge in [-0.05, 0) is 46.6 Å². The first-order valence-corrected chi connectivity index (χ1v) is 7.53. The highest BCUT2D eigenvalue weighted by Gasteiger charge is 2.16. The molecule has 2 aromatic rings. The van der Waals surface area contributed by atoms with Gasteiger partial charge < -0.3 is 0 Å². The average Bonchev–Trinajstić information content (AvgIpc) is 2.58. The molecule has 17 heavy (non-hydrogen) atoms. The summed E-state index contributed by atoms with van der Waals surface area (Å²) >= 11 is 13.9. The van der Waals surface area contributed by atoms with E-state index in [-0.39, 0.29) is 5.78 Å². The Labute approximate surface area is 125 Å². The molecule has 5 heteroatoms. The third kappa shape index (κ3) is 2.81. The summed E-state index contributed by atoms with van der Waals surface area (Å²) in [5, 5.41) is 0. The molecule has 1 aromatic heterocycles. The molecule has 0 N–H and O–H groups in total. The van der Waals surface area contributed by atoms with Crippen molar-refractivity contribution < 1.29 is 4.79 Å². The number of hydrogen-bond acceptors (Lipinski definition) is 2. The van der Waals surface area contributed by atoms with Gasteiger partial charge in [-0.3, -0.25) is 4.79 Å². The summed E-state index contributed by atoms with van der Waals surface area (Å²) in [6, 6.07) is 7.42. The smallest absolute Gasteiger partial charge is 0.204 e. The molecule has 0 amide bonds. The maximum absolute atomic E-state index is 12.2. The van der Waals surface area contributed by atoms with Crippen molar-refractivity contribution in [1.29, 1.82) is 0 Å².